The highest BCUT2D eigenvalue weighted by Crippen LogP contribution is 2.56. The van der Waals surface area contributed by atoms with Gasteiger partial charge < -0.3 is 20.0 Å². The smallest absolute Gasteiger partial charge is 0.350 e. The summed E-state index contributed by atoms with van der Waals surface area (Å²) in [7, 11) is 1.45. The van der Waals surface area contributed by atoms with Crippen molar-refractivity contribution in [2.45, 2.75) is 63.7 Å². The van der Waals surface area contributed by atoms with Crippen molar-refractivity contribution >= 4 is 23.9 Å². The molecule has 58 heavy (non-hydrogen) atoms. The third-order valence-corrected chi connectivity index (χ3v) is 10.5. The molecule has 3 N–H and O–H groups in total. The molecule has 20 heteroatoms. The number of amides is 3. The van der Waals surface area contributed by atoms with Gasteiger partial charge in [0.25, 0.3) is 5.91 Å². The Balaban J connectivity index is 0.891. The molecule has 2 aliphatic rings. The van der Waals surface area contributed by atoms with E-state index in [-0.39, 0.29) is 65.3 Å². The van der Waals surface area contributed by atoms with Gasteiger partial charge in [-0.2, -0.15) is 18.3 Å². The van der Waals surface area contributed by atoms with E-state index in [0.29, 0.717) is 24.0 Å². The minimum Gasteiger partial charge on any atom is -0.350 e. The largest absolute Gasteiger partial charge is 0.401 e. The quantitative estimate of drug-likeness (QED) is 0.101. The van der Waals surface area contributed by atoms with Gasteiger partial charge in [-0.1, -0.05) is 11.2 Å². The molecule has 1 aliphatic carbocycles. The van der Waals surface area contributed by atoms with Crippen LogP contribution in [0.3, 0.4) is 0 Å². The predicted octanol–water partition coefficient (Wildman–Crippen LogP) is 5.47. The van der Waals surface area contributed by atoms with Crippen molar-refractivity contribution in [1.82, 2.24) is 50.8 Å². The van der Waals surface area contributed by atoms with Crippen LogP contribution in [-0.4, -0.2) is 91.3 Å². The van der Waals surface area contributed by atoms with E-state index in [1.165, 1.54) is 42.5 Å². The zero-order valence-electron chi connectivity index (χ0n) is 31.5. The SMILES string of the molecule is CNC(=O)N(CCC=O)c1ccc(C2CC3(C2)CN(Cc2cnc(-c4cnc(-c5cc(C(=O)NCc6nc(C(C)(C)C(F)(F)F)n[nH]6)on5)nc4)c(F)c2)C3)cc1F. The van der Waals surface area contributed by atoms with Gasteiger partial charge in [-0.25, -0.2) is 28.5 Å². The number of H-pyrrole nitrogens is 1. The molecule has 5 heterocycles. The lowest BCUT2D eigenvalue weighted by atomic mass is 9.56. The van der Waals surface area contributed by atoms with Crippen LogP contribution in [0.2, 0.25) is 0 Å². The summed E-state index contributed by atoms with van der Waals surface area (Å²) in [5, 5.41) is 14.8. The first-order chi connectivity index (χ1) is 27.6. The molecule has 2 fully saturated rings. The van der Waals surface area contributed by atoms with Crippen LogP contribution >= 0.6 is 0 Å². The fraction of sp³-hybridized carbons (Fsp3) is 0.395. The molecule has 1 aromatic carbocycles. The summed E-state index contributed by atoms with van der Waals surface area (Å²) < 4.78 is 75.4. The molecule has 3 amide bonds. The van der Waals surface area contributed by atoms with Gasteiger partial charge in [-0.05, 0) is 67.3 Å². The second-order valence-corrected chi connectivity index (χ2v) is 15.1. The van der Waals surface area contributed by atoms with Gasteiger partial charge in [0.05, 0.1) is 12.2 Å². The number of aromatic nitrogens is 7. The highest BCUT2D eigenvalue weighted by Gasteiger charge is 2.53. The van der Waals surface area contributed by atoms with Crippen LogP contribution in [0.4, 0.5) is 32.4 Å². The Bertz CT molecular complexity index is 2320. The maximum atomic E-state index is 15.3. The highest BCUT2D eigenvalue weighted by molar-refractivity contribution is 5.92. The first-order valence-electron chi connectivity index (χ1n) is 18.2. The Morgan fingerprint density at radius 3 is 2.45 bits per heavy atom. The van der Waals surface area contributed by atoms with Crippen LogP contribution in [0.15, 0.2) is 53.4 Å². The second kappa shape index (κ2) is 15.6. The van der Waals surface area contributed by atoms with E-state index in [4.69, 9.17) is 4.52 Å². The number of hydrogen-bond donors (Lipinski definition) is 3. The molecule has 1 spiro atoms. The first-order valence-corrected chi connectivity index (χ1v) is 18.2. The summed E-state index contributed by atoms with van der Waals surface area (Å²) in [6.45, 7) is 3.85. The molecule has 5 aromatic rings. The molecule has 1 saturated carbocycles. The number of likely N-dealkylation sites (tertiary alicyclic amines) is 1. The molecular formula is C38H38F5N11O4. The van der Waals surface area contributed by atoms with Crippen molar-refractivity contribution in [2.75, 3.05) is 31.6 Å². The lowest BCUT2D eigenvalue weighted by Gasteiger charge is -2.59. The van der Waals surface area contributed by atoms with Gasteiger partial charge in [-0.3, -0.25) is 24.7 Å². The molecule has 15 nitrogen and oxygen atoms in total. The number of aromatic amines is 1. The average molecular weight is 808 g/mol. The van der Waals surface area contributed by atoms with Crippen molar-refractivity contribution in [3.8, 4) is 22.8 Å². The summed E-state index contributed by atoms with van der Waals surface area (Å²) in [4.78, 5) is 55.8. The number of nitrogens with zero attached hydrogens (tertiary/aromatic N) is 8. The number of halogens is 5. The molecule has 304 valence electrons. The number of urea groups is 1. The van der Waals surface area contributed by atoms with Crippen LogP contribution in [0.5, 0.6) is 0 Å². The number of carbonyl (C=O) groups is 3. The summed E-state index contributed by atoms with van der Waals surface area (Å²) in [6.07, 6.45) is 2.30. The maximum absolute atomic E-state index is 15.3. The van der Waals surface area contributed by atoms with Crippen molar-refractivity contribution in [3.63, 3.8) is 0 Å². The monoisotopic (exact) mass is 807 g/mol. The van der Waals surface area contributed by atoms with Crippen molar-refractivity contribution < 1.29 is 40.9 Å². The number of alkyl halides is 3. The molecule has 1 aliphatic heterocycles. The molecular weight excluding hydrogens is 769 g/mol. The fourth-order valence-electron chi connectivity index (χ4n) is 7.27. The van der Waals surface area contributed by atoms with Gasteiger partial charge >= 0.3 is 12.2 Å². The zero-order valence-corrected chi connectivity index (χ0v) is 31.5. The van der Waals surface area contributed by atoms with E-state index in [0.717, 1.165) is 45.3 Å². The van der Waals surface area contributed by atoms with E-state index < -0.39 is 41.0 Å². The Kier molecular flexibility index (Phi) is 10.8. The summed E-state index contributed by atoms with van der Waals surface area (Å²) in [6, 6.07) is 7.10. The van der Waals surface area contributed by atoms with E-state index in [9.17, 15) is 27.6 Å². The lowest BCUT2D eigenvalue weighted by molar-refractivity contribution is -0.182. The Labute approximate surface area is 327 Å². The predicted molar refractivity (Wildman–Crippen MR) is 196 cm³/mol. The molecule has 0 unspecified atom stereocenters. The van der Waals surface area contributed by atoms with Crippen LogP contribution in [-0.2, 0) is 23.3 Å². The molecule has 0 atom stereocenters. The fourth-order valence-corrected chi connectivity index (χ4v) is 7.27. The Morgan fingerprint density at radius 1 is 1.05 bits per heavy atom. The van der Waals surface area contributed by atoms with Crippen LogP contribution in [0, 0.1) is 17.0 Å². The van der Waals surface area contributed by atoms with E-state index >= 15 is 8.78 Å². The number of anilines is 1. The number of rotatable bonds is 13. The number of hydrogen-bond acceptors (Lipinski definition) is 11. The van der Waals surface area contributed by atoms with E-state index in [2.05, 4.69) is 50.8 Å². The van der Waals surface area contributed by atoms with Crippen LogP contribution in [0.1, 0.15) is 72.4 Å². The summed E-state index contributed by atoms with van der Waals surface area (Å²) in [5.41, 5.74) is -0.0328. The number of nitrogens with one attached hydrogen (secondary N) is 3. The van der Waals surface area contributed by atoms with Crippen LogP contribution < -0.4 is 15.5 Å². The molecule has 0 bridgehead atoms. The summed E-state index contributed by atoms with van der Waals surface area (Å²) >= 11 is 0. The van der Waals surface area contributed by atoms with Crippen molar-refractivity contribution in [1.29, 1.82) is 0 Å². The lowest BCUT2D eigenvalue weighted by Crippen LogP contribution is -2.61. The maximum Gasteiger partial charge on any atom is 0.401 e. The minimum absolute atomic E-state index is 0.00693. The van der Waals surface area contributed by atoms with Gasteiger partial charge in [-0.15, -0.1) is 0 Å². The van der Waals surface area contributed by atoms with Crippen molar-refractivity contribution in [2.24, 2.45) is 5.41 Å². The minimum atomic E-state index is -4.57. The third-order valence-electron chi connectivity index (χ3n) is 10.5. The molecule has 7 rings (SSSR count). The van der Waals surface area contributed by atoms with Gasteiger partial charge in [0.15, 0.2) is 17.3 Å². The Hall–Kier alpha value is -6.18. The average Bonchev–Trinajstić information content (AvgIpc) is 3.86. The number of benzene rings is 1. The first kappa shape index (κ1) is 40.0. The number of carbonyl (C=O) groups excluding carboxylic acids is 3. The third kappa shape index (κ3) is 8.00. The number of pyridine rings is 1. The van der Waals surface area contributed by atoms with Gasteiger partial charge in [0.2, 0.25) is 5.76 Å². The Morgan fingerprint density at radius 2 is 1.79 bits per heavy atom. The van der Waals surface area contributed by atoms with E-state index in [1.54, 1.807) is 12.3 Å². The highest BCUT2D eigenvalue weighted by atomic mass is 19.4. The van der Waals surface area contributed by atoms with Gasteiger partial charge in [0, 0.05) is 69.9 Å². The second-order valence-electron chi connectivity index (χ2n) is 15.1. The standard InChI is InChI=1S/C38H38F5N11O4/c1-36(2,38(41,42)43)34-49-30(50-51-34)17-48-33(56)29-11-27(52-58-29)32-46-15-24(16-47-32)31-26(40)9-21(14-45-31)18-53-19-37(20-53)12-23(13-37)22-5-6-28(25(39)10-22)54(7-4-8-55)35(57)44-3/h5-6,8-11,14-16,23H,4,7,12-13,17-20H2,1-3H3,(H,44,57)(H,48,56)(H,49,50,51). The molecule has 4 aromatic heterocycles. The number of aldehydes is 1. The van der Waals surface area contributed by atoms with Crippen LogP contribution in [0.25, 0.3) is 22.8 Å². The van der Waals surface area contributed by atoms with Crippen molar-refractivity contribution in [3.05, 3.63) is 89.1 Å². The topological polar surface area (TPSA) is 188 Å². The molecule has 0 radical (unpaired) electrons. The zero-order chi connectivity index (χ0) is 41.4. The molecule has 1 saturated heterocycles. The normalized spacial score (nSPS) is 15.4. The summed E-state index contributed by atoms with van der Waals surface area (Å²) in [5.74, 6) is -2.20. The van der Waals surface area contributed by atoms with Gasteiger partial charge in [0.1, 0.15) is 34.9 Å². The van der Waals surface area contributed by atoms with E-state index in [1.807, 2.05) is 6.07 Å².